The van der Waals surface area contributed by atoms with Crippen LogP contribution in [0.3, 0.4) is 0 Å². The van der Waals surface area contributed by atoms with E-state index in [9.17, 15) is 5.11 Å². The molecule has 24 heavy (non-hydrogen) atoms. The second kappa shape index (κ2) is 5.38. The van der Waals surface area contributed by atoms with E-state index >= 15 is 0 Å². The average Bonchev–Trinajstić information content (AvgIpc) is 2.57. The van der Waals surface area contributed by atoms with Crippen molar-refractivity contribution < 1.29 is 5.11 Å². The number of aromatic hydroxyl groups is 1. The second-order valence-electron chi connectivity index (χ2n) is 6.59. The molecule has 1 heteroatoms. The summed E-state index contributed by atoms with van der Waals surface area (Å²) in [4.78, 5) is 0. The lowest BCUT2D eigenvalue weighted by Crippen LogP contribution is -1.93. The predicted octanol–water partition coefficient (Wildman–Crippen LogP) is 6.29. The lowest BCUT2D eigenvalue weighted by atomic mass is 9.86. The fourth-order valence-corrected chi connectivity index (χ4v) is 3.95. The van der Waals surface area contributed by atoms with Gasteiger partial charge in [-0.25, -0.2) is 0 Å². The van der Waals surface area contributed by atoms with Crippen LogP contribution in [0.15, 0.2) is 60.7 Å². The number of rotatable bonds is 1. The number of hydrogen-bond acceptors (Lipinski definition) is 1. The van der Waals surface area contributed by atoms with Gasteiger partial charge in [-0.1, -0.05) is 66.2 Å². The largest absolute Gasteiger partial charge is 0.507 e. The van der Waals surface area contributed by atoms with Gasteiger partial charge in [-0.3, -0.25) is 0 Å². The summed E-state index contributed by atoms with van der Waals surface area (Å²) in [7, 11) is 0. The Kier molecular flexibility index (Phi) is 3.31. The molecule has 0 unspecified atom stereocenters. The standard InChI is InChI=1S/C23H20O/c1-14-12-15(2)21(16(3)13-14)22-17-8-4-6-10-19(17)23(24)20-11-7-5-9-18(20)22/h4-13,24H,1-3H3. The van der Waals surface area contributed by atoms with Gasteiger partial charge in [0.2, 0.25) is 0 Å². The molecule has 0 aliphatic rings. The molecule has 1 nitrogen and oxygen atoms in total. The molecule has 0 aromatic heterocycles. The zero-order valence-corrected chi connectivity index (χ0v) is 14.2. The lowest BCUT2D eigenvalue weighted by molar-refractivity contribution is 0.488. The third-order valence-corrected chi connectivity index (χ3v) is 4.83. The number of phenolic OH excluding ortho intramolecular Hbond substituents is 1. The van der Waals surface area contributed by atoms with Gasteiger partial charge in [0.05, 0.1) is 0 Å². The van der Waals surface area contributed by atoms with Gasteiger partial charge >= 0.3 is 0 Å². The SMILES string of the molecule is Cc1cc(C)c(-c2c3ccccc3c(O)c3ccccc23)c(C)c1. The highest BCUT2D eigenvalue weighted by Gasteiger charge is 2.17. The maximum Gasteiger partial charge on any atom is 0.131 e. The Morgan fingerprint density at radius 2 is 1.00 bits per heavy atom. The van der Waals surface area contributed by atoms with Crippen molar-refractivity contribution in [2.45, 2.75) is 20.8 Å². The molecule has 0 radical (unpaired) electrons. The highest BCUT2D eigenvalue weighted by Crippen LogP contribution is 2.44. The number of phenols is 1. The van der Waals surface area contributed by atoms with Gasteiger partial charge in [0.1, 0.15) is 5.75 Å². The lowest BCUT2D eigenvalue weighted by Gasteiger charge is -2.18. The molecule has 4 aromatic rings. The van der Waals surface area contributed by atoms with Crippen molar-refractivity contribution in [3.63, 3.8) is 0 Å². The van der Waals surface area contributed by atoms with Crippen molar-refractivity contribution in [2.75, 3.05) is 0 Å². The summed E-state index contributed by atoms with van der Waals surface area (Å²) in [5.41, 5.74) is 6.31. The van der Waals surface area contributed by atoms with E-state index in [1.165, 1.54) is 27.8 Å². The van der Waals surface area contributed by atoms with Crippen molar-refractivity contribution >= 4 is 21.5 Å². The Bertz CT molecular complexity index is 1010. The van der Waals surface area contributed by atoms with E-state index < -0.39 is 0 Å². The highest BCUT2D eigenvalue weighted by molar-refractivity contribution is 6.17. The topological polar surface area (TPSA) is 20.2 Å². The third kappa shape index (κ3) is 2.09. The van der Waals surface area contributed by atoms with Gasteiger partial charge in [0.15, 0.2) is 0 Å². The summed E-state index contributed by atoms with van der Waals surface area (Å²) in [6.07, 6.45) is 0. The van der Waals surface area contributed by atoms with Gasteiger partial charge in [0, 0.05) is 10.8 Å². The van der Waals surface area contributed by atoms with Crippen LogP contribution in [0.2, 0.25) is 0 Å². The summed E-state index contributed by atoms with van der Waals surface area (Å²) in [5.74, 6) is 0.368. The van der Waals surface area contributed by atoms with Crippen molar-refractivity contribution in [1.29, 1.82) is 0 Å². The molecule has 0 aliphatic carbocycles. The van der Waals surface area contributed by atoms with E-state index in [2.05, 4.69) is 45.0 Å². The molecule has 0 aliphatic heterocycles. The van der Waals surface area contributed by atoms with Crippen molar-refractivity contribution in [3.8, 4) is 16.9 Å². The van der Waals surface area contributed by atoms with Gasteiger partial charge in [-0.05, 0) is 53.8 Å². The first-order chi connectivity index (χ1) is 11.6. The molecule has 0 amide bonds. The third-order valence-electron chi connectivity index (χ3n) is 4.83. The van der Waals surface area contributed by atoms with E-state index in [4.69, 9.17) is 0 Å². The minimum atomic E-state index is 0.368. The smallest absolute Gasteiger partial charge is 0.131 e. The van der Waals surface area contributed by atoms with Crippen LogP contribution < -0.4 is 0 Å². The summed E-state index contributed by atoms with van der Waals surface area (Å²) >= 11 is 0. The van der Waals surface area contributed by atoms with Crippen LogP contribution >= 0.6 is 0 Å². The first kappa shape index (κ1) is 14.8. The molecule has 1 N–H and O–H groups in total. The van der Waals surface area contributed by atoms with E-state index in [0.717, 1.165) is 21.5 Å². The van der Waals surface area contributed by atoms with Crippen LogP contribution in [0.5, 0.6) is 5.75 Å². The van der Waals surface area contributed by atoms with Gasteiger partial charge in [-0.2, -0.15) is 0 Å². The fraction of sp³-hybridized carbons (Fsp3) is 0.130. The monoisotopic (exact) mass is 312 g/mol. The number of hydrogen-bond donors (Lipinski definition) is 1. The van der Waals surface area contributed by atoms with E-state index in [0.29, 0.717) is 5.75 Å². The highest BCUT2D eigenvalue weighted by atomic mass is 16.3. The van der Waals surface area contributed by atoms with Gasteiger partial charge in [-0.15, -0.1) is 0 Å². The summed E-state index contributed by atoms with van der Waals surface area (Å²) in [6, 6.07) is 20.7. The Morgan fingerprint density at radius 3 is 1.46 bits per heavy atom. The first-order valence-corrected chi connectivity index (χ1v) is 8.28. The molecule has 0 fully saturated rings. The maximum absolute atomic E-state index is 10.8. The number of benzene rings is 4. The molecule has 0 atom stereocenters. The second-order valence-corrected chi connectivity index (χ2v) is 6.59. The molecule has 4 rings (SSSR count). The van der Waals surface area contributed by atoms with Crippen LogP contribution in [-0.2, 0) is 0 Å². The van der Waals surface area contributed by atoms with Gasteiger partial charge in [0.25, 0.3) is 0 Å². The minimum Gasteiger partial charge on any atom is -0.507 e. The minimum absolute atomic E-state index is 0.368. The van der Waals surface area contributed by atoms with E-state index in [1.54, 1.807) is 0 Å². The van der Waals surface area contributed by atoms with Crippen LogP contribution in [0.25, 0.3) is 32.7 Å². The molecule has 0 heterocycles. The van der Waals surface area contributed by atoms with Crippen LogP contribution in [0.1, 0.15) is 16.7 Å². The summed E-state index contributed by atoms with van der Waals surface area (Å²) < 4.78 is 0. The quantitative estimate of drug-likeness (QED) is 0.409. The Hall–Kier alpha value is -2.80. The van der Waals surface area contributed by atoms with Crippen molar-refractivity contribution in [2.24, 2.45) is 0 Å². The van der Waals surface area contributed by atoms with Crippen molar-refractivity contribution in [1.82, 2.24) is 0 Å². The molecule has 0 bridgehead atoms. The predicted molar refractivity (Wildman–Crippen MR) is 103 cm³/mol. The Balaban J connectivity index is 2.28. The zero-order chi connectivity index (χ0) is 16.8. The number of aryl methyl sites for hydroxylation is 3. The van der Waals surface area contributed by atoms with Crippen LogP contribution in [0, 0.1) is 20.8 Å². The summed E-state index contributed by atoms with van der Waals surface area (Å²) in [5, 5.41) is 14.8. The van der Waals surface area contributed by atoms with Crippen molar-refractivity contribution in [3.05, 3.63) is 77.4 Å². The van der Waals surface area contributed by atoms with Crippen LogP contribution in [0.4, 0.5) is 0 Å². The van der Waals surface area contributed by atoms with Gasteiger partial charge < -0.3 is 5.11 Å². The molecular formula is C23H20O. The van der Waals surface area contributed by atoms with E-state index in [-0.39, 0.29) is 0 Å². The Labute approximate surface area is 142 Å². The van der Waals surface area contributed by atoms with E-state index in [1.807, 2.05) is 36.4 Å². The normalized spacial score (nSPS) is 11.3. The summed E-state index contributed by atoms with van der Waals surface area (Å²) in [6.45, 7) is 6.48. The molecule has 0 saturated heterocycles. The Morgan fingerprint density at radius 1 is 0.583 bits per heavy atom. The number of fused-ring (bicyclic) bond motifs is 2. The maximum atomic E-state index is 10.8. The van der Waals surface area contributed by atoms with Crippen LogP contribution in [-0.4, -0.2) is 5.11 Å². The molecule has 4 aromatic carbocycles. The fourth-order valence-electron chi connectivity index (χ4n) is 3.95. The molecule has 118 valence electrons. The zero-order valence-electron chi connectivity index (χ0n) is 14.2. The molecular weight excluding hydrogens is 292 g/mol. The molecule has 0 spiro atoms. The average molecular weight is 312 g/mol. The first-order valence-electron chi connectivity index (χ1n) is 8.28. The molecule has 0 saturated carbocycles.